The number of carboxylic acid groups (broad SMARTS) is 1. The molecule has 0 aliphatic heterocycles. The van der Waals surface area contributed by atoms with Crippen LogP contribution in [0.15, 0.2) is 24.3 Å². The zero-order valence-electron chi connectivity index (χ0n) is 12.3. The van der Waals surface area contributed by atoms with Crippen LogP contribution in [0.4, 0.5) is 23.7 Å². The second-order valence-corrected chi connectivity index (χ2v) is 4.68. The van der Waals surface area contributed by atoms with Crippen molar-refractivity contribution in [2.75, 3.05) is 11.9 Å². The van der Waals surface area contributed by atoms with E-state index >= 15 is 0 Å². The van der Waals surface area contributed by atoms with Gasteiger partial charge in [0.15, 0.2) is 6.10 Å². The van der Waals surface area contributed by atoms with E-state index < -0.39 is 24.3 Å². The number of hydrogen-bond donors (Lipinski definition) is 3. The van der Waals surface area contributed by atoms with E-state index in [4.69, 9.17) is 9.84 Å². The van der Waals surface area contributed by atoms with Gasteiger partial charge in [-0.25, -0.2) is 4.79 Å². The number of nitrogens with one attached hydrogen (secondary N) is 2. The zero-order chi connectivity index (χ0) is 17.5. The molecule has 0 saturated heterocycles. The molecule has 0 heterocycles. The van der Waals surface area contributed by atoms with Gasteiger partial charge in [-0.1, -0.05) is 12.1 Å². The van der Waals surface area contributed by atoms with Crippen LogP contribution in [0.3, 0.4) is 0 Å². The first kappa shape index (κ1) is 18.6. The molecular formula is C14H17F3N2O4. The number of carbonyl (C=O) groups excluding carboxylic acids is 1. The van der Waals surface area contributed by atoms with Crippen LogP contribution in [0.25, 0.3) is 0 Å². The average molecular weight is 334 g/mol. The van der Waals surface area contributed by atoms with E-state index in [1.165, 1.54) is 24.3 Å². The Labute approximate surface area is 130 Å². The zero-order valence-corrected chi connectivity index (χ0v) is 12.3. The fraction of sp³-hybridized carbons (Fsp3) is 0.429. The van der Waals surface area contributed by atoms with E-state index in [0.717, 1.165) is 6.92 Å². The lowest BCUT2D eigenvalue weighted by Crippen LogP contribution is -2.32. The predicted molar refractivity (Wildman–Crippen MR) is 76.5 cm³/mol. The van der Waals surface area contributed by atoms with Crippen LogP contribution in [0.1, 0.15) is 19.8 Å². The van der Waals surface area contributed by atoms with Crippen LogP contribution in [-0.4, -0.2) is 35.9 Å². The van der Waals surface area contributed by atoms with Gasteiger partial charge in [-0.3, -0.25) is 4.79 Å². The maximum absolute atomic E-state index is 12.5. The SMILES string of the molecule is CC(Oc1ccccc1NC(=O)NCCCC(=O)O)C(F)(F)F. The molecule has 0 saturated carbocycles. The average Bonchev–Trinajstić information content (AvgIpc) is 2.44. The minimum Gasteiger partial charge on any atom is -0.481 e. The number of alkyl halides is 3. The number of urea groups is 1. The number of para-hydroxylation sites is 2. The highest BCUT2D eigenvalue weighted by atomic mass is 19.4. The number of carbonyl (C=O) groups is 2. The topological polar surface area (TPSA) is 87.7 Å². The first-order valence-corrected chi connectivity index (χ1v) is 6.79. The number of anilines is 1. The van der Waals surface area contributed by atoms with E-state index in [9.17, 15) is 22.8 Å². The van der Waals surface area contributed by atoms with E-state index in [-0.39, 0.29) is 30.8 Å². The van der Waals surface area contributed by atoms with Crippen molar-refractivity contribution in [3.8, 4) is 5.75 Å². The Balaban J connectivity index is 2.60. The molecular weight excluding hydrogens is 317 g/mol. The van der Waals surface area contributed by atoms with Gasteiger partial charge in [-0.15, -0.1) is 0 Å². The molecule has 0 bridgehead atoms. The summed E-state index contributed by atoms with van der Waals surface area (Å²) in [5.41, 5.74) is 0.0827. The first-order valence-electron chi connectivity index (χ1n) is 6.79. The third-order valence-corrected chi connectivity index (χ3v) is 2.75. The molecule has 0 radical (unpaired) electrons. The number of amides is 2. The molecule has 1 rings (SSSR count). The number of hydrogen-bond acceptors (Lipinski definition) is 3. The van der Waals surface area contributed by atoms with Crippen molar-refractivity contribution in [2.45, 2.75) is 32.0 Å². The van der Waals surface area contributed by atoms with Gasteiger partial charge in [0.2, 0.25) is 0 Å². The lowest BCUT2D eigenvalue weighted by molar-refractivity contribution is -0.189. The van der Waals surface area contributed by atoms with Crippen molar-refractivity contribution in [3.05, 3.63) is 24.3 Å². The van der Waals surface area contributed by atoms with Gasteiger partial charge in [0.05, 0.1) is 5.69 Å². The molecule has 0 fully saturated rings. The van der Waals surface area contributed by atoms with Crippen molar-refractivity contribution in [1.82, 2.24) is 5.32 Å². The lowest BCUT2D eigenvalue weighted by Gasteiger charge is -2.19. The Kier molecular flexibility index (Phi) is 6.67. The standard InChI is InChI=1S/C14H17F3N2O4/c1-9(14(15,16)17)23-11-6-3-2-5-10(11)19-13(22)18-8-4-7-12(20)21/h2-3,5-6,9H,4,7-8H2,1H3,(H,20,21)(H2,18,19,22). The molecule has 9 heteroatoms. The fourth-order valence-electron chi connectivity index (χ4n) is 1.54. The maximum Gasteiger partial charge on any atom is 0.425 e. The van der Waals surface area contributed by atoms with Crippen molar-refractivity contribution in [3.63, 3.8) is 0 Å². The Bertz CT molecular complexity index is 549. The largest absolute Gasteiger partial charge is 0.481 e. The van der Waals surface area contributed by atoms with E-state index in [1.807, 2.05) is 0 Å². The van der Waals surface area contributed by atoms with E-state index in [2.05, 4.69) is 10.6 Å². The van der Waals surface area contributed by atoms with Crippen LogP contribution < -0.4 is 15.4 Å². The van der Waals surface area contributed by atoms with Gasteiger partial charge in [0, 0.05) is 13.0 Å². The second-order valence-electron chi connectivity index (χ2n) is 4.68. The van der Waals surface area contributed by atoms with Crippen molar-refractivity contribution in [1.29, 1.82) is 0 Å². The first-order chi connectivity index (χ1) is 10.7. The number of carboxylic acids is 1. The predicted octanol–water partition coefficient (Wildman–Crippen LogP) is 3.00. The van der Waals surface area contributed by atoms with Gasteiger partial charge in [-0.05, 0) is 25.5 Å². The Hall–Kier alpha value is -2.45. The number of benzene rings is 1. The van der Waals surface area contributed by atoms with Gasteiger partial charge in [0.1, 0.15) is 5.75 Å². The summed E-state index contributed by atoms with van der Waals surface area (Å²) in [6, 6.07) is 5.06. The fourth-order valence-corrected chi connectivity index (χ4v) is 1.54. The molecule has 1 atom stereocenters. The summed E-state index contributed by atoms with van der Waals surface area (Å²) < 4.78 is 42.4. The van der Waals surface area contributed by atoms with Crippen molar-refractivity contribution >= 4 is 17.7 Å². The molecule has 3 N–H and O–H groups in total. The van der Waals surface area contributed by atoms with Crippen LogP contribution in [0.2, 0.25) is 0 Å². The summed E-state index contributed by atoms with van der Waals surface area (Å²) in [4.78, 5) is 22.0. The monoisotopic (exact) mass is 334 g/mol. The molecule has 1 unspecified atom stereocenters. The lowest BCUT2D eigenvalue weighted by atomic mass is 10.3. The summed E-state index contributed by atoms with van der Waals surface area (Å²) in [6.45, 7) is 0.989. The van der Waals surface area contributed by atoms with Crippen molar-refractivity contribution < 1.29 is 32.6 Å². The van der Waals surface area contributed by atoms with Crippen LogP contribution in [0.5, 0.6) is 5.75 Å². The summed E-state index contributed by atoms with van der Waals surface area (Å²) >= 11 is 0. The van der Waals surface area contributed by atoms with E-state index in [0.29, 0.717) is 0 Å². The molecule has 128 valence electrons. The molecule has 0 spiro atoms. The van der Waals surface area contributed by atoms with E-state index in [1.54, 1.807) is 0 Å². The summed E-state index contributed by atoms with van der Waals surface area (Å²) in [5, 5.41) is 13.2. The number of rotatable bonds is 7. The van der Waals surface area contributed by atoms with Gasteiger partial charge < -0.3 is 20.5 Å². The Morgan fingerprint density at radius 2 is 1.96 bits per heavy atom. The number of aliphatic carboxylic acids is 1. The smallest absolute Gasteiger partial charge is 0.425 e. The molecule has 0 aromatic heterocycles. The summed E-state index contributed by atoms with van der Waals surface area (Å²) in [6.07, 6.45) is -6.40. The number of ether oxygens (including phenoxy) is 1. The Morgan fingerprint density at radius 3 is 2.57 bits per heavy atom. The molecule has 1 aromatic rings. The van der Waals surface area contributed by atoms with Gasteiger partial charge in [0.25, 0.3) is 0 Å². The molecule has 6 nitrogen and oxygen atoms in total. The Morgan fingerprint density at radius 1 is 1.30 bits per heavy atom. The summed E-state index contributed by atoms with van der Waals surface area (Å²) in [5.74, 6) is -1.09. The highest BCUT2D eigenvalue weighted by Gasteiger charge is 2.38. The maximum atomic E-state index is 12.5. The highest BCUT2D eigenvalue weighted by molar-refractivity contribution is 5.90. The quantitative estimate of drug-likeness (QED) is 0.669. The highest BCUT2D eigenvalue weighted by Crippen LogP contribution is 2.29. The third kappa shape index (κ3) is 6.90. The molecule has 2 amide bonds. The minimum atomic E-state index is -4.52. The van der Waals surface area contributed by atoms with Gasteiger partial charge in [-0.2, -0.15) is 13.2 Å². The van der Waals surface area contributed by atoms with Crippen LogP contribution in [-0.2, 0) is 4.79 Å². The molecule has 0 aliphatic rings. The third-order valence-electron chi connectivity index (χ3n) is 2.75. The van der Waals surface area contributed by atoms with Gasteiger partial charge >= 0.3 is 18.2 Å². The molecule has 0 aliphatic carbocycles. The van der Waals surface area contributed by atoms with Crippen LogP contribution in [0, 0.1) is 0 Å². The van der Waals surface area contributed by atoms with Crippen molar-refractivity contribution in [2.24, 2.45) is 0 Å². The molecule has 23 heavy (non-hydrogen) atoms. The van der Waals surface area contributed by atoms with Crippen LogP contribution >= 0.6 is 0 Å². The second kappa shape index (κ2) is 8.25. The molecule has 1 aromatic carbocycles. The normalized spacial score (nSPS) is 12.3. The number of halogens is 3. The minimum absolute atomic E-state index is 0.0827. The summed E-state index contributed by atoms with van der Waals surface area (Å²) in [7, 11) is 0.